The summed E-state index contributed by atoms with van der Waals surface area (Å²) in [5.41, 5.74) is 0.999. The zero-order valence-corrected chi connectivity index (χ0v) is 11.6. The molecule has 0 aliphatic carbocycles. The van der Waals surface area contributed by atoms with E-state index in [1.807, 2.05) is 13.8 Å². The third-order valence-electron chi connectivity index (χ3n) is 2.78. The fourth-order valence-corrected chi connectivity index (χ4v) is 3.18. The minimum Gasteiger partial charge on any atom is -0.304 e. The first kappa shape index (κ1) is 15.1. The Morgan fingerprint density at radius 3 is 2.17 bits per heavy atom. The van der Waals surface area contributed by atoms with Gasteiger partial charge in [-0.15, -0.1) is 0 Å². The number of rotatable bonds is 7. The molecule has 0 saturated heterocycles. The molecule has 0 bridgehead atoms. The zero-order valence-electron chi connectivity index (χ0n) is 10.8. The predicted molar refractivity (Wildman–Crippen MR) is 70.4 cm³/mol. The van der Waals surface area contributed by atoms with E-state index in [9.17, 15) is 8.42 Å². The van der Waals surface area contributed by atoms with Crippen LogP contribution in [0.25, 0.3) is 0 Å². The molecule has 0 aliphatic heterocycles. The molecule has 0 spiro atoms. The molecule has 0 amide bonds. The highest BCUT2D eigenvalue weighted by Gasteiger charge is 2.20. The summed E-state index contributed by atoms with van der Waals surface area (Å²) in [7, 11) is -3.36. The maximum Gasteiger partial charge on any atom is 0.243 e. The van der Waals surface area contributed by atoms with Crippen molar-refractivity contribution in [2.45, 2.75) is 25.2 Å². The molecule has 102 valence electrons. The van der Waals surface area contributed by atoms with E-state index in [-0.39, 0.29) is 0 Å². The summed E-state index contributed by atoms with van der Waals surface area (Å²) in [6.07, 6.45) is 0.669. The number of nitrogens with zero attached hydrogens (tertiary/aromatic N) is 1. The minimum absolute atomic E-state index is 0.323. The molecule has 5 nitrogen and oxygen atoms in total. The Hall–Kier alpha value is -0.950. The Labute approximate surface area is 109 Å². The molecular weight excluding hydrogens is 252 g/mol. The van der Waals surface area contributed by atoms with Crippen molar-refractivity contribution in [1.29, 1.82) is 0 Å². The van der Waals surface area contributed by atoms with Crippen LogP contribution in [0.4, 0.5) is 0 Å². The number of nitrogens with two attached hydrogens (primary N) is 1. The first-order valence-electron chi connectivity index (χ1n) is 5.97. The van der Waals surface area contributed by atoms with Crippen LogP contribution in [-0.4, -0.2) is 32.4 Å². The molecule has 0 radical (unpaired) electrons. The van der Waals surface area contributed by atoms with Gasteiger partial charge in [0, 0.05) is 13.1 Å². The Bertz CT molecular complexity index is 453. The van der Waals surface area contributed by atoms with Gasteiger partial charge in [0.15, 0.2) is 0 Å². The number of hydrogen-bond donors (Lipinski definition) is 1. The van der Waals surface area contributed by atoms with Crippen molar-refractivity contribution in [3.8, 4) is 0 Å². The normalized spacial score (nSPS) is 12.0. The van der Waals surface area contributed by atoms with E-state index in [2.05, 4.69) is 4.84 Å². The monoisotopic (exact) mass is 272 g/mol. The van der Waals surface area contributed by atoms with Crippen LogP contribution in [-0.2, 0) is 21.3 Å². The largest absolute Gasteiger partial charge is 0.304 e. The molecule has 0 aliphatic rings. The summed E-state index contributed by atoms with van der Waals surface area (Å²) in [6, 6.07) is 6.82. The van der Waals surface area contributed by atoms with Crippen LogP contribution in [0.5, 0.6) is 0 Å². The lowest BCUT2D eigenvalue weighted by atomic mass is 10.2. The van der Waals surface area contributed by atoms with Crippen molar-refractivity contribution in [3.05, 3.63) is 29.8 Å². The number of benzene rings is 1. The molecule has 0 heterocycles. The predicted octanol–water partition coefficient (Wildman–Crippen LogP) is 1.15. The van der Waals surface area contributed by atoms with E-state index in [4.69, 9.17) is 5.90 Å². The fraction of sp³-hybridized carbons (Fsp3) is 0.500. The highest BCUT2D eigenvalue weighted by atomic mass is 32.2. The van der Waals surface area contributed by atoms with E-state index in [0.29, 0.717) is 31.0 Å². The molecule has 0 aromatic heterocycles. The van der Waals surface area contributed by atoms with Crippen LogP contribution >= 0.6 is 0 Å². The van der Waals surface area contributed by atoms with Crippen LogP contribution in [0.2, 0.25) is 0 Å². The van der Waals surface area contributed by atoms with Gasteiger partial charge < -0.3 is 4.84 Å². The molecule has 0 saturated carbocycles. The molecular formula is C12H20N2O3S. The van der Waals surface area contributed by atoms with Crippen LogP contribution < -0.4 is 5.90 Å². The van der Waals surface area contributed by atoms with Crippen LogP contribution in [0.1, 0.15) is 19.4 Å². The molecule has 2 N–H and O–H groups in total. The maximum atomic E-state index is 12.2. The van der Waals surface area contributed by atoms with Gasteiger partial charge in [-0.3, -0.25) is 0 Å². The summed E-state index contributed by atoms with van der Waals surface area (Å²) in [4.78, 5) is 4.81. The van der Waals surface area contributed by atoms with Crippen molar-refractivity contribution < 1.29 is 13.3 Å². The van der Waals surface area contributed by atoms with Crippen molar-refractivity contribution >= 4 is 10.0 Å². The lowest BCUT2D eigenvalue weighted by Gasteiger charge is -2.18. The van der Waals surface area contributed by atoms with Crippen molar-refractivity contribution in [2.24, 2.45) is 5.90 Å². The fourth-order valence-electron chi connectivity index (χ4n) is 1.72. The second kappa shape index (κ2) is 6.84. The lowest BCUT2D eigenvalue weighted by molar-refractivity contribution is 0.141. The lowest BCUT2D eigenvalue weighted by Crippen LogP contribution is -2.30. The average molecular weight is 272 g/mol. The average Bonchev–Trinajstić information content (AvgIpc) is 2.38. The molecule has 1 aromatic rings. The Balaban J connectivity index is 2.90. The van der Waals surface area contributed by atoms with Gasteiger partial charge >= 0.3 is 0 Å². The van der Waals surface area contributed by atoms with E-state index < -0.39 is 10.0 Å². The standard InChI is InChI=1S/C12H20N2O3S/c1-3-14(4-2)18(15,16)12-7-5-11(6-8-12)9-10-17-13/h5-8H,3-4,9-10,13H2,1-2H3. The second-order valence-corrected chi connectivity index (χ2v) is 5.79. The zero-order chi connectivity index (χ0) is 13.6. The SMILES string of the molecule is CCN(CC)S(=O)(=O)c1ccc(CCON)cc1. The summed E-state index contributed by atoms with van der Waals surface area (Å²) >= 11 is 0. The maximum absolute atomic E-state index is 12.2. The summed E-state index contributed by atoms with van der Waals surface area (Å²) in [6.45, 7) is 5.02. The summed E-state index contributed by atoms with van der Waals surface area (Å²) < 4.78 is 25.8. The first-order chi connectivity index (χ1) is 8.56. The third-order valence-corrected chi connectivity index (χ3v) is 4.84. The highest BCUT2D eigenvalue weighted by Crippen LogP contribution is 2.16. The van der Waals surface area contributed by atoms with Gasteiger partial charge in [-0.2, -0.15) is 4.31 Å². The van der Waals surface area contributed by atoms with Crippen molar-refractivity contribution in [2.75, 3.05) is 19.7 Å². The topological polar surface area (TPSA) is 72.6 Å². The molecule has 1 rings (SSSR count). The van der Waals surface area contributed by atoms with Gasteiger partial charge in [0.05, 0.1) is 11.5 Å². The second-order valence-electron chi connectivity index (χ2n) is 3.85. The van der Waals surface area contributed by atoms with Crippen LogP contribution in [0.3, 0.4) is 0 Å². The molecule has 0 atom stereocenters. The van der Waals surface area contributed by atoms with Crippen LogP contribution in [0.15, 0.2) is 29.2 Å². The molecule has 0 unspecified atom stereocenters. The molecule has 6 heteroatoms. The third kappa shape index (κ3) is 3.52. The van der Waals surface area contributed by atoms with E-state index in [1.165, 1.54) is 4.31 Å². The van der Waals surface area contributed by atoms with Gasteiger partial charge in [0.2, 0.25) is 10.0 Å². The summed E-state index contributed by atoms with van der Waals surface area (Å²) in [5, 5.41) is 0. The van der Waals surface area contributed by atoms with Crippen molar-refractivity contribution in [1.82, 2.24) is 4.31 Å². The molecule has 0 fully saturated rings. The van der Waals surface area contributed by atoms with Gasteiger partial charge in [-0.1, -0.05) is 26.0 Å². The minimum atomic E-state index is -3.36. The Kier molecular flexibility index (Phi) is 5.74. The Morgan fingerprint density at radius 1 is 1.17 bits per heavy atom. The number of sulfonamides is 1. The van der Waals surface area contributed by atoms with Gasteiger partial charge in [0.1, 0.15) is 0 Å². The van der Waals surface area contributed by atoms with Gasteiger partial charge in [0.25, 0.3) is 0 Å². The molecule has 1 aromatic carbocycles. The van der Waals surface area contributed by atoms with Crippen molar-refractivity contribution in [3.63, 3.8) is 0 Å². The first-order valence-corrected chi connectivity index (χ1v) is 7.41. The van der Waals surface area contributed by atoms with E-state index in [0.717, 1.165) is 5.56 Å². The smallest absolute Gasteiger partial charge is 0.243 e. The number of hydrogen-bond acceptors (Lipinski definition) is 4. The highest BCUT2D eigenvalue weighted by molar-refractivity contribution is 7.89. The summed E-state index contributed by atoms with van der Waals surface area (Å²) in [5.74, 6) is 4.95. The van der Waals surface area contributed by atoms with Gasteiger partial charge in [-0.25, -0.2) is 14.3 Å². The molecule has 18 heavy (non-hydrogen) atoms. The van der Waals surface area contributed by atoms with Crippen LogP contribution in [0, 0.1) is 0 Å². The van der Waals surface area contributed by atoms with Gasteiger partial charge in [-0.05, 0) is 24.1 Å². The van der Waals surface area contributed by atoms with E-state index in [1.54, 1.807) is 24.3 Å². The Morgan fingerprint density at radius 2 is 1.72 bits per heavy atom. The quantitative estimate of drug-likeness (QED) is 0.756. The van der Waals surface area contributed by atoms with E-state index >= 15 is 0 Å².